The van der Waals surface area contributed by atoms with E-state index in [1.54, 1.807) is 44.9 Å². The van der Waals surface area contributed by atoms with E-state index in [-0.39, 0.29) is 35.8 Å². The first-order valence-electron chi connectivity index (χ1n) is 12.3. The van der Waals surface area contributed by atoms with E-state index in [0.717, 1.165) is 11.8 Å². The third-order valence-corrected chi connectivity index (χ3v) is 7.14. The third kappa shape index (κ3) is 4.09. The van der Waals surface area contributed by atoms with E-state index in [2.05, 4.69) is 15.1 Å². The van der Waals surface area contributed by atoms with Crippen molar-refractivity contribution >= 4 is 5.91 Å². The van der Waals surface area contributed by atoms with Crippen LogP contribution in [0.1, 0.15) is 57.7 Å². The van der Waals surface area contributed by atoms with Gasteiger partial charge in [-0.25, -0.2) is 14.6 Å². The van der Waals surface area contributed by atoms with Gasteiger partial charge in [0.1, 0.15) is 17.2 Å². The zero-order valence-electron chi connectivity index (χ0n) is 20.5. The molecule has 0 N–H and O–H groups in total. The van der Waals surface area contributed by atoms with Gasteiger partial charge in [-0.15, -0.1) is 0 Å². The molecule has 4 aromatic rings. The highest BCUT2D eigenvalue weighted by molar-refractivity contribution is 5.93. The number of fused-ring (bicyclic) bond motifs is 2. The van der Waals surface area contributed by atoms with Crippen molar-refractivity contribution in [3.05, 3.63) is 93.4 Å². The minimum absolute atomic E-state index is 0.100. The van der Waals surface area contributed by atoms with Crippen LogP contribution in [0.3, 0.4) is 0 Å². The Labute approximate surface area is 215 Å². The second-order valence-corrected chi connectivity index (χ2v) is 9.60. The number of alkyl halides is 3. The van der Waals surface area contributed by atoms with Gasteiger partial charge in [0, 0.05) is 31.7 Å². The average molecular weight is 524 g/mol. The van der Waals surface area contributed by atoms with Gasteiger partial charge >= 0.3 is 6.18 Å². The maximum atomic E-state index is 13.7. The van der Waals surface area contributed by atoms with Crippen molar-refractivity contribution in [2.75, 3.05) is 6.54 Å². The highest BCUT2D eigenvalue weighted by atomic mass is 19.4. The Morgan fingerprint density at radius 3 is 2.63 bits per heavy atom. The number of aromatic nitrogens is 6. The lowest BCUT2D eigenvalue weighted by molar-refractivity contribution is -0.138. The van der Waals surface area contributed by atoms with Crippen LogP contribution in [0.5, 0.6) is 0 Å². The summed E-state index contributed by atoms with van der Waals surface area (Å²) in [7, 11) is 0. The molecule has 38 heavy (non-hydrogen) atoms. The second-order valence-electron chi connectivity index (χ2n) is 9.60. The third-order valence-electron chi connectivity index (χ3n) is 7.14. The molecule has 0 radical (unpaired) electrons. The fourth-order valence-corrected chi connectivity index (χ4v) is 5.35. The molecular weight excluding hydrogens is 499 g/mol. The summed E-state index contributed by atoms with van der Waals surface area (Å²) in [6.45, 7) is 3.06. The van der Waals surface area contributed by atoms with E-state index in [1.165, 1.54) is 16.7 Å². The number of hydrogen-bond donors (Lipinski definition) is 0. The standard InChI is InChI=1S/C26H24F3N7O2/c1-16-13-34(15-30-16)20-8-9-21-24(37)33(11-12-35(21)25(20)38)14-22-31-23-18(6-4-10-36(23)32-22)17-5-2-3-7-19(17)26(27,28)29/h2-3,5,7-9,13,15,18H,4,6,10-12,14H2,1H3/t18-/m1/s1. The maximum absolute atomic E-state index is 13.7. The topological polar surface area (TPSA) is 90.8 Å². The maximum Gasteiger partial charge on any atom is 0.416 e. The summed E-state index contributed by atoms with van der Waals surface area (Å²) in [5.74, 6) is -0.0202. The Balaban J connectivity index is 1.27. The van der Waals surface area contributed by atoms with Crippen LogP contribution in [-0.2, 0) is 25.8 Å². The number of halogens is 3. The first-order chi connectivity index (χ1) is 18.2. The molecule has 2 aliphatic rings. The molecule has 0 unspecified atom stereocenters. The lowest BCUT2D eigenvalue weighted by Crippen LogP contribution is -2.44. The molecule has 2 aliphatic heterocycles. The molecule has 1 amide bonds. The summed E-state index contributed by atoms with van der Waals surface area (Å²) in [5.41, 5.74) is 0.683. The number of carbonyl (C=O) groups excluding carboxylic acids is 1. The van der Waals surface area contributed by atoms with Gasteiger partial charge in [-0.05, 0) is 43.5 Å². The predicted molar refractivity (Wildman–Crippen MR) is 130 cm³/mol. The number of benzene rings is 1. The SMILES string of the molecule is Cc1cn(-c2ccc3n(c2=O)CCN(Cc2nc4n(n2)CCC[C@@H]4c2ccccc2C(F)(F)F)C3=O)cn1. The number of imidazole rings is 1. The molecule has 0 aliphatic carbocycles. The number of carbonyl (C=O) groups is 1. The van der Waals surface area contributed by atoms with Crippen LogP contribution in [0.4, 0.5) is 13.2 Å². The molecule has 0 saturated heterocycles. The molecule has 0 spiro atoms. The van der Waals surface area contributed by atoms with Gasteiger partial charge in [0.15, 0.2) is 5.82 Å². The molecule has 0 saturated carbocycles. The number of pyridine rings is 1. The van der Waals surface area contributed by atoms with Crippen molar-refractivity contribution in [1.29, 1.82) is 0 Å². The summed E-state index contributed by atoms with van der Waals surface area (Å²) in [4.78, 5) is 36.7. The van der Waals surface area contributed by atoms with Crippen molar-refractivity contribution < 1.29 is 18.0 Å². The summed E-state index contributed by atoms with van der Waals surface area (Å²) in [5, 5.41) is 4.53. The van der Waals surface area contributed by atoms with Crippen LogP contribution < -0.4 is 5.56 Å². The van der Waals surface area contributed by atoms with Crippen LogP contribution in [0.2, 0.25) is 0 Å². The number of nitrogens with zero attached hydrogens (tertiary/aromatic N) is 7. The Morgan fingerprint density at radius 2 is 1.87 bits per heavy atom. The normalized spacial score (nSPS) is 17.4. The minimum Gasteiger partial charge on any atom is -0.328 e. The first kappa shape index (κ1) is 24.1. The predicted octanol–water partition coefficient (Wildman–Crippen LogP) is 3.53. The Hall–Kier alpha value is -4.22. The second kappa shape index (κ2) is 8.96. The Bertz CT molecular complexity index is 1600. The Morgan fingerprint density at radius 1 is 1.05 bits per heavy atom. The lowest BCUT2D eigenvalue weighted by Gasteiger charge is -2.29. The average Bonchev–Trinajstić information content (AvgIpc) is 3.51. The van der Waals surface area contributed by atoms with Crippen LogP contribution in [0.25, 0.3) is 5.69 Å². The van der Waals surface area contributed by atoms with Crippen LogP contribution in [0, 0.1) is 6.92 Å². The van der Waals surface area contributed by atoms with E-state index in [1.807, 2.05) is 6.92 Å². The fraction of sp³-hybridized carbons (Fsp3) is 0.346. The molecule has 9 nitrogen and oxygen atoms in total. The largest absolute Gasteiger partial charge is 0.416 e. The fourth-order valence-electron chi connectivity index (χ4n) is 5.35. The quantitative estimate of drug-likeness (QED) is 0.408. The highest BCUT2D eigenvalue weighted by Gasteiger charge is 2.37. The van der Waals surface area contributed by atoms with Crippen molar-refractivity contribution in [2.24, 2.45) is 0 Å². The van der Waals surface area contributed by atoms with Crippen molar-refractivity contribution in [3.8, 4) is 5.69 Å². The molecule has 5 heterocycles. The van der Waals surface area contributed by atoms with E-state index < -0.39 is 17.7 Å². The molecule has 1 aromatic carbocycles. The zero-order valence-corrected chi connectivity index (χ0v) is 20.5. The first-order valence-corrected chi connectivity index (χ1v) is 12.3. The minimum atomic E-state index is -4.47. The van der Waals surface area contributed by atoms with Gasteiger partial charge in [-0.1, -0.05) is 18.2 Å². The van der Waals surface area contributed by atoms with E-state index in [4.69, 9.17) is 0 Å². The summed E-state index contributed by atoms with van der Waals surface area (Å²) in [6, 6.07) is 8.81. The molecule has 0 fully saturated rings. The molecule has 1 atom stereocenters. The van der Waals surface area contributed by atoms with Gasteiger partial charge < -0.3 is 14.0 Å². The van der Waals surface area contributed by atoms with Gasteiger partial charge in [-0.2, -0.15) is 18.3 Å². The molecule has 12 heteroatoms. The van der Waals surface area contributed by atoms with Gasteiger partial charge in [0.05, 0.1) is 24.1 Å². The molecule has 0 bridgehead atoms. The van der Waals surface area contributed by atoms with E-state index in [0.29, 0.717) is 43.3 Å². The summed E-state index contributed by atoms with van der Waals surface area (Å²) >= 11 is 0. The van der Waals surface area contributed by atoms with Gasteiger partial charge in [0.25, 0.3) is 11.5 Å². The van der Waals surface area contributed by atoms with Gasteiger partial charge in [0.2, 0.25) is 0 Å². The van der Waals surface area contributed by atoms with Gasteiger partial charge in [-0.3, -0.25) is 9.59 Å². The number of hydrogen-bond acceptors (Lipinski definition) is 5. The molecule has 3 aromatic heterocycles. The summed E-state index contributed by atoms with van der Waals surface area (Å²) < 4.78 is 45.8. The molecule has 196 valence electrons. The Kier molecular flexibility index (Phi) is 5.69. The molecule has 6 rings (SSSR count). The number of rotatable bonds is 4. The monoisotopic (exact) mass is 523 g/mol. The smallest absolute Gasteiger partial charge is 0.328 e. The zero-order chi connectivity index (χ0) is 26.6. The molecular formula is C26H24F3N7O2. The van der Waals surface area contributed by atoms with Crippen molar-refractivity contribution in [1.82, 2.24) is 33.8 Å². The van der Waals surface area contributed by atoms with Crippen LogP contribution in [0.15, 0.2) is 53.7 Å². The van der Waals surface area contributed by atoms with Crippen molar-refractivity contribution in [3.63, 3.8) is 0 Å². The number of aryl methyl sites for hydroxylation is 2. The number of amides is 1. The highest BCUT2D eigenvalue weighted by Crippen LogP contribution is 2.40. The van der Waals surface area contributed by atoms with E-state index >= 15 is 0 Å². The summed E-state index contributed by atoms with van der Waals surface area (Å²) in [6.07, 6.45) is 0.0347. The lowest BCUT2D eigenvalue weighted by atomic mass is 9.88. The van der Waals surface area contributed by atoms with Crippen LogP contribution >= 0.6 is 0 Å². The van der Waals surface area contributed by atoms with Crippen LogP contribution in [-0.4, -0.2) is 46.2 Å². The van der Waals surface area contributed by atoms with E-state index in [9.17, 15) is 22.8 Å². The van der Waals surface area contributed by atoms with Crippen molar-refractivity contribution in [2.45, 2.75) is 51.5 Å².